The van der Waals surface area contributed by atoms with Gasteiger partial charge in [-0.25, -0.2) is 14.0 Å². The lowest BCUT2D eigenvalue weighted by Crippen LogP contribution is -2.43. The van der Waals surface area contributed by atoms with Crippen LogP contribution < -0.4 is 9.64 Å². The number of carbonyl (C=O) groups excluding carboxylic acids is 1. The summed E-state index contributed by atoms with van der Waals surface area (Å²) in [6, 6.07) is 12.8. The Hall–Kier alpha value is -3.34. The van der Waals surface area contributed by atoms with Crippen molar-refractivity contribution < 1.29 is 41.7 Å². The summed E-state index contributed by atoms with van der Waals surface area (Å²) in [7, 11) is 0. The van der Waals surface area contributed by atoms with E-state index in [0.29, 0.717) is 37.1 Å². The fourth-order valence-corrected chi connectivity index (χ4v) is 5.33. The highest BCUT2D eigenvalue weighted by atomic mass is 19.4. The van der Waals surface area contributed by atoms with Crippen molar-refractivity contribution >= 4 is 17.6 Å². The molecule has 39 heavy (non-hydrogen) atoms. The minimum atomic E-state index is -5.08. The number of carbonyl (C=O) groups is 2. The summed E-state index contributed by atoms with van der Waals surface area (Å²) in [5, 5.41) is 7.12. The number of piperidine rings is 2. The summed E-state index contributed by atoms with van der Waals surface area (Å²) in [6.45, 7) is 5.71. The highest BCUT2D eigenvalue weighted by Crippen LogP contribution is 2.45. The van der Waals surface area contributed by atoms with Crippen LogP contribution in [0.3, 0.4) is 0 Å². The van der Waals surface area contributed by atoms with Gasteiger partial charge in [0.15, 0.2) is 0 Å². The van der Waals surface area contributed by atoms with E-state index in [9.17, 15) is 22.4 Å². The molecule has 0 bridgehead atoms. The average molecular weight is 553 g/mol. The molecule has 2 aromatic rings. The highest BCUT2D eigenvalue weighted by Gasteiger charge is 2.49. The number of carboxylic acid groups (broad SMARTS) is 1. The Morgan fingerprint density at radius 1 is 1.00 bits per heavy atom. The van der Waals surface area contributed by atoms with Crippen molar-refractivity contribution in [3.05, 3.63) is 59.4 Å². The molecule has 3 heterocycles. The average Bonchev–Trinajstić information content (AvgIpc) is 3.20. The molecule has 11 heteroatoms. The zero-order valence-electron chi connectivity index (χ0n) is 21.5. The van der Waals surface area contributed by atoms with Gasteiger partial charge in [-0.1, -0.05) is 12.5 Å². The zero-order chi connectivity index (χ0) is 28.0. The van der Waals surface area contributed by atoms with Crippen molar-refractivity contribution in [2.45, 2.75) is 50.3 Å². The lowest BCUT2D eigenvalue weighted by Gasteiger charge is -2.39. The monoisotopic (exact) mass is 552 g/mol. The summed E-state index contributed by atoms with van der Waals surface area (Å²) in [5.74, 6) is -2.62. The topological polar surface area (TPSA) is 79.3 Å². The number of hydrogen-bond donors (Lipinski definition) is 1. The molecule has 1 N–H and O–H groups in total. The number of ether oxygens (including phenoxy) is 2. The van der Waals surface area contributed by atoms with Crippen molar-refractivity contribution in [2.75, 3.05) is 44.2 Å². The fourth-order valence-electron chi connectivity index (χ4n) is 5.33. The van der Waals surface area contributed by atoms with Gasteiger partial charge >= 0.3 is 18.1 Å². The van der Waals surface area contributed by atoms with E-state index < -0.39 is 23.7 Å². The molecule has 5 rings (SSSR count). The number of carboxylic acids is 1. The second kappa shape index (κ2) is 12.2. The number of esters is 1. The van der Waals surface area contributed by atoms with Gasteiger partial charge in [0, 0.05) is 43.7 Å². The Labute approximate surface area is 224 Å². The van der Waals surface area contributed by atoms with Crippen LogP contribution in [-0.2, 0) is 15.1 Å². The third-order valence-electron chi connectivity index (χ3n) is 7.33. The Bertz CT molecular complexity index is 1140. The van der Waals surface area contributed by atoms with Crippen molar-refractivity contribution in [1.29, 1.82) is 0 Å². The molecular formula is C28H32F4N2O5. The van der Waals surface area contributed by atoms with E-state index in [1.807, 2.05) is 12.1 Å². The maximum Gasteiger partial charge on any atom is 0.490 e. The molecule has 3 aliphatic heterocycles. The number of anilines is 1. The van der Waals surface area contributed by atoms with E-state index in [1.54, 1.807) is 12.1 Å². The first kappa shape index (κ1) is 28.7. The van der Waals surface area contributed by atoms with Gasteiger partial charge in [-0.2, -0.15) is 13.2 Å². The Balaban J connectivity index is 0.000000448. The van der Waals surface area contributed by atoms with Crippen LogP contribution in [0.4, 0.5) is 23.2 Å². The number of halogens is 4. The predicted molar refractivity (Wildman–Crippen MR) is 135 cm³/mol. The normalized spacial score (nSPS) is 18.7. The van der Waals surface area contributed by atoms with Crippen LogP contribution in [0.15, 0.2) is 42.5 Å². The number of benzene rings is 2. The lowest BCUT2D eigenvalue weighted by atomic mass is 9.83. The molecular weight excluding hydrogens is 520 g/mol. The van der Waals surface area contributed by atoms with E-state index >= 15 is 0 Å². The van der Waals surface area contributed by atoms with Crippen LogP contribution >= 0.6 is 0 Å². The molecule has 3 aliphatic rings. The van der Waals surface area contributed by atoms with Gasteiger partial charge in [0.05, 0.1) is 12.2 Å². The highest BCUT2D eigenvalue weighted by molar-refractivity contribution is 5.94. The van der Waals surface area contributed by atoms with Crippen molar-refractivity contribution in [1.82, 2.24) is 4.90 Å². The molecule has 2 aromatic carbocycles. The van der Waals surface area contributed by atoms with Crippen molar-refractivity contribution in [3.63, 3.8) is 0 Å². The summed E-state index contributed by atoms with van der Waals surface area (Å²) in [5.41, 5.74) is 1.10. The third kappa shape index (κ3) is 7.00. The quantitative estimate of drug-likeness (QED) is 0.293. The summed E-state index contributed by atoms with van der Waals surface area (Å²) in [6.07, 6.45) is 1.15. The summed E-state index contributed by atoms with van der Waals surface area (Å²) >= 11 is 0. The van der Waals surface area contributed by atoms with Crippen LogP contribution in [0.2, 0.25) is 0 Å². The smallest absolute Gasteiger partial charge is 0.490 e. The summed E-state index contributed by atoms with van der Waals surface area (Å²) < 4.78 is 57.9. The second-order valence-electron chi connectivity index (χ2n) is 9.93. The molecule has 212 valence electrons. The Morgan fingerprint density at radius 3 is 2.26 bits per heavy atom. The molecule has 0 atom stereocenters. The SMILES string of the molecule is O=C(O)C(F)(F)F.O=C1OC2(CCN(c3ccc(OCCCN4CCCCC4)cc3)CC2)c2c(F)cccc21. The second-order valence-corrected chi connectivity index (χ2v) is 9.93. The van der Waals surface area contributed by atoms with E-state index in [-0.39, 0.29) is 5.82 Å². The van der Waals surface area contributed by atoms with Gasteiger partial charge in [-0.15, -0.1) is 0 Å². The number of likely N-dealkylation sites (tertiary alicyclic amines) is 1. The van der Waals surface area contributed by atoms with Crippen LogP contribution in [0.5, 0.6) is 5.75 Å². The molecule has 0 unspecified atom stereocenters. The van der Waals surface area contributed by atoms with Crippen LogP contribution in [0.1, 0.15) is 54.4 Å². The maximum absolute atomic E-state index is 14.5. The molecule has 0 aliphatic carbocycles. The molecule has 0 saturated carbocycles. The van der Waals surface area contributed by atoms with Gasteiger partial charge in [0.2, 0.25) is 0 Å². The Morgan fingerprint density at radius 2 is 1.64 bits per heavy atom. The van der Waals surface area contributed by atoms with Crippen molar-refractivity contribution in [3.8, 4) is 5.75 Å². The van der Waals surface area contributed by atoms with Gasteiger partial charge in [-0.3, -0.25) is 0 Å². The van der Waals surface area contributed by atoms with Crippen LogP contribution in [0, 0.1) is 5.82 Å². The first-order valence-corrected chi connectivity index (χ1v) is 13.1. The Kier molecular flexibility index (Phi) is 8.99. The number of aliphatic carboxylic acids is 1. The van der Waals surface area contributed by atoms with E-state index in [0.717, 1.165) is 31.0 Å². The first-order valence-electron chi connectivity index (χ1n) is 13.1. The lowest BCUT2D eigenvalue weighted by molar-refractivity contribution is -0.192. The minimum absolute atomic E-state index is 0.344. The van der Waals surface area contributed by atoms with Gasteiger partial charge in [-0.05, 0) is 68.8 Å². The summed E-state index contributed by atoms with van der Waals surface area (Å²) in [4.78, 5) is 25.9. The maximum atomic E-state index is 14.5. The molecule has 0 radical (unpaired) electrons. The van der Waals surface area contributed by atoms with Crippen LogP contribution in [-0.4, -0.2) is 67.5 Å². The van der Waals surface area contributed by atoms with Gasteiger partial charge in [0.1, 0.15) is 17.2 Å². The standard InChI is InChI=1S/C26H31FN2O3.C2HF3O2/c27-23-7-4-6-22-24(23)26(32-25(22)30)12-17-29(18-13-26)20-8-10-21(11-9-20)31-19-5-16-28-14-2-1-3-15-28;3-2(4,5)1(6)7/h4,6-11H,1-3,5,12-19H2;(H,6,7). The molecule has 0 aromatic heterocycles. The number of alkyl halides is 3. The van der Waals surface area contributed by atoms with E-state index in [2.05, 4.69) is 21.9 Å². The number of hydrogen-bond acceptors (Lipinski definition) is 6. The van der Waals surface area contributed by atoms with Crippen LogP contribution in [0.25, 0.3) is 0 Å². The minimum Gasteiger partial charge on any atom is -0.494 e. The molecule has 2 fully saturated rings. The number of rotatable bonds is 6. The first-order chi connectivity index (χ1) is 18.6. The number of nitrogens with zero attached hydrogens (tertiary/aromatic N) is 2. The molecule has 0 amide bonds. The third-order valence-corrected chi connectivity index (χ3v) is 7.33. The molecule has 7 nitrogen and oxygen atoms in total. The number of fused-ring (bicyclic) bond motifs is 2. The predicted octanol–water partition coefficient (Wildman–Crippen LogP) is 5.38. The largest absolute Gasteiger partial charge is 0.494 e. The molecule has 2 saturated heterocycles. The van der Waals surface area contributed by atoms with E-state index in [1.165, 1.54) is 38.4 Å². The van der Waals surface area contributed by atoms with Gasteiger partial charge in [0.25, 0.3) is 0 Å². The molecule has 1 spiro atoms. The van der Waals surface area contributed by atoms with Crippen molar-refractivity contribution in [2.24, 2.45) is 0 Å². The van der Waals surface area contributed by atoms with E-state index in [4.69, 9.17) is 19.4 Å². The van der Waals surface area contributed by atoms with Gasteiger partial charge < -0.3 is 24.4 Å². The zero-order valence-corrected chi connectivity index (χ0v) is 21.5. The fraction of sp³-hybridized carbons (Fsp3) is 0.500.